The van der Waals surface area contributed by atoms with Gasteiger partial charge in [-0.1, -0.05) is 53.7 Å². The van der Waals surface area contributed by atoms with E-state index >= 15 is 0 Å². The third-order valence-corrected chi connectivity index (χ3v) is 4.66. The average Bonchev–Trinajstić information content (AvgIpc) is 2.60. The summed E-state index contributed by atoms with van der Waals surface area (Å²) in [6, 6.07) is 15.1. The molecule has 0 aliphatic carbocycles. The number of rotatable bonds is 1. The molecule has 1 amide bonds. The maximum Gasteiger partial charge on any atom is 0.276 e. The number of hydrazone groups is 1. The van der Waals surface area contributed by atoms with E-state index in [9.17, 15) is 4.79 Å². The number of nitrogens with zero attached hydrogens (tertiary/aromatic N) is 3. The molecule has 1 atom stereocenters. The molecule has 0 spiro atoms. The van der Waals surface area contributed by atoms with Crippen molar-refractivity contribution in [3.63, 3.8) is 0 Å². The van der Waals surface area contributed by atoms with Crippen molar-refractivity contribution in [1.82, 2.24) is 10.3 Å². The van der Waals surface area contributed by atoms with Crippen LogP contribution in [-0.4, -0.2) is 22.3 Å². The lowest BCUT2D eigenvalue weighted by atomic mass is 10.1. The monoisotopic (exact) mass is 356 g/mol. The van der Waals surface area contributed by atoms with E-state index in [1.807, 2.05) is 54.8 Å². The van der Waals surface area contributed by atoms with Gasteiger partial charge in [-0.3, -0.25) is 15.1 Å². The lowest BCUT2D eigenvalue weighted by Crippen LogP contribution is -2.50. The second-order valence-corrected chi connectivity index (χ2v) is 6.56. The summed E-state index contributed by atoms with van der Waals surface area (Å²) in [6.45, 7) is 0. The molecule has 0 saturated carbocycles. The molecule has 1 N–H and O–H groups in total. The van der Waals surface area contributed by atoms with E-state index in [2.05, 4.69) is 10.4 Å². The Morgan fingerprint density at radius 2 is 2.04 bits per heavy atom. The summed E-state index contributed by atoms with van der Waals surface area (Å²) in [5.74, 6) is -0.177. The summed E-state index contributed by atoms with van der Waals surface area (Å²) in [4.78, 5) is 17.4. The van der Waals surface area contributed by atoms with Crippen LogP contribution in [0, 0.1) is 0 Å². The van der Waals surface area contributed by atoms with E-state index in [4.69, 9.17) is 16.6 Å². The Morgan fingerprint density at radius 3 is 2.83 bits per heavy atom. The minimum atomic E-state index is -0.429. The summed E-state index contributed by atoms with van der Waals surface area (Å²) in [6.07, 6.45) is 1.44. The van der Waals surface area contributed by atoms with Crippen LogP contribution in [0.2, 0.25) is 5.02 Å². The van der Waals surface area contributed by atoms with E-state index in [1.54, 1.807) is 5.01 Å². The first-order valence-electron chi connectivity index (χ1n) is 7.33. The van der Waals surface area contributed by atoms with Crippen LogP contribution >= 0.6 is 23.4 Å². The lowest BCUT2D eigenvalue weighted by Gasteiger charge is -2.33. The van der Waals surface area contributed by atoms with Crippen LogP contribution in [0.25, 0.3) is 5.70 Å². The van der Waals surface area contributed by atoms with Gasteiger partial charge in [0.2, 0.25) is 0 Å². The molecule has 0 saturated heterocycles. The molecule has 2 aliphatic rings. The highest BCUT2D eigenvalue weighted by Gasteiger charge is 2.34. The van der Waals surface area contributed by atoms with Crippen LogP contribution < -0.4 is 15.9 Å². The molecule has 2 aromatic carbocycles. The number of carbonyl (C=O) groups is 1. The number of para-hydroxylation sites is 1. The second kappa shape index (κ2) is 5.96. The van der Waals surface area contributed by atoms with E-state index in [1.165, 1.54) is 11.8 Å². The molecule has 0 radical (unpaired) electrons. The van der Waals surface area contributed by atoms with Gasteiger partial charge in [-0.15, -0.1) is 5.10 Å². The van der Waals surface area contributed by atoms with Gasteiger partial charge in [0.25, 0.3) is 5.91 Å². The van der Waals surface area contributed by atoms with Crippen LogP contribution in [0.1, 0.15) is 11.7 Å². The van der Waals surface area contributed by atoms with Crippen molar-refractivity contribution >= 4 is 40.1 Å². The Balaban J connectivity index is 1.99. The number of thioether (sulfide) groups is 1. The fraction of sp³-hybridized carbons (Fsp3) is 0.118. The summed E-state index contributed by atoms with van der Waals surface area (Å²) in [7, 11) is 0. The Bertz CT molecular complexity index is 988. The Hall–Kier alpha value is -2.31. The number of nitrogens with one attached hydrogen (secondary N) is 1. The standard InChI is InChI=1S/C17H13ClN4OS/c1-24-17-20-16(23)14-12-7-2-3-8-13(12)19-15(22(14)21-17)10-5-4-6-11(18)9-10/h2-9,15H,1H3,(H,20,21,23)/t15-/m0/s1. The summed E-state index contributed by atoms with van der Waals surface area (Å²) in [5.41, 5.74) is 1.39. The largest absolute Gasteiger partial charge is 0.298 e. The van der Waals surface area contributed by atoms with E-state index in [0.717, 1.165) is 16.1 Å². The normalized spacial score (nSPS) is 19.0. The summed E-state index contributed by atoms with van der Waals surface area (Å²) < 4.78 is 0. The highest BCUT2D eigenvalue weighted by Crippen LogP contribution is 2.31. The number of fused-ring (bicyclic) bond motifs is 2. The number of hydrogen-bond acceptors (Lipinski definition) is 5. The van der Waals surface area contributed by atoms with Crippen LogP contribution in [0.5, 0.6) is 0 Å². The highest BCUT2D eigenvalue weighted by molar-refractivity contribution is 8.13. The molecule has 0 bridgehead atoms. The van der Waals surface area contributed by atoms with Gasteiger partial charge < -0.3 is 0 Å². The fourth-order valence-corrected chi connectivity index (χ4v) is 3.37. The average molecular weight is 357 g/mol. The van der Waals surface area contributed by atoms with Gasteiger partial charge in [0, 0.05) is 10.2 Å². The first-order chi connectivity index (χ1) is 11.7. The third-order valence-electron chi connectivity index (χ3n) is 3.86. The first-order valence-corrected chi connectivity index (χ1v) is 8.93. The molecule has 0 unspecified atom stereocenters. The molecule has 2 aromatic rings. The smallest absolute Gasteiger partial charge is 0.276 e. The van der Waals surface area contributed by atoms with Crippen molar-refractivity contribution in [3.8, 4) is 0 Å². The van der Waals surface area contributed by atoms with Gasteiger partial charge in [-0.2, -0.15) is 0 Å². The van der Waals surface area contributed by atoms with E-state index in [0.29, 0.717) is 15.9 Å². The maximum atomic E-state index is 12.7. The maximum absolute atomic E-state index is 12.7. The zero-order valence-electron chi connectivity index (χ0n) is 12.7. The lowest BCUT2D eigenvalue weighted by molar-refractivity contribution is -0.116. The van der Waals surface area contributed by atoms with Gasteiger partial charge in [-0.25, -0.2) is 5.01 Å². The van der Waals surface area contributed by atoms with Crippen molar-refractivity contribution in [3.05, 3.63) is 69.7 Å². The van der Waals surface area contributed by atoms with Gasteiger partial charge in [0.05, 0.1) is 5.36 Å². The predicted molar refractivity (Wildman–Crippen MR) is 95.8 cm³/mol. The zero-order valence-corrected chi connectivity index (χ0v) is 14.3. The highest BCUT2D eigenvalue weighted by atomic mass is 35.5. The fourth-order valence-electron chi connectivity index (χ4n) is 2.80. The van der Waals surface area contributed by atoms with Crippen molar-refractivity contribution < 1.29 is 4.79 Å². The molecule has 4 rings (SSSR count). The quantitative estimate of drug-likeness (QED) is 0.848. The Kier molecular flexibility index (Phi) is 3.78. The van der Waals surface area contributed by atoms with Crippen molar-refractivity contribution in [2.24, 2.45) is 10.1 Å². The first kappa shape index (κ1) is 15.2. The van der Waals surface area contributed by atoms with Gasteiger partial charge in [-0.05, 0) is 30.0 Å². The van der Waals surface area contributed by atoms with Crippen LogP contribution in [-0.2, 0) is 4.79 Å². The number of amidine groups is 1. The zero-order chi connectivity index (χ0) is 16.7. The number of benzene rings is 2. The molecule has 0 aromatic heterocycles. The molecular formula is C17H13ClN4OS. The molecule has 120 valence electrons. The SMILES string of the molecule is CSC1=NN2C(=c3ccccc3=N[C@@H]2c2cccc(Cl)c2)C(=O)N1. The van der Waals surface area contributed by atoms with Crippen LogP contribution in [0.4, 0.5) is 0 Å². The van der Waals surface area contributed by atoms with Gasteiger partial charge in [0.15, 0.2) is 11.3 Å². The molecular weight excluding hydrogens is 344 g/mol. The topological polar surface area (TPSA) is 57.1 Å². The number of halogens is 1. The van der Waals surface area contributed by atoms with Crippen molar-refractivity contribution in [1.29, 1.82) is 0 Å². The second-order valence-electron chi connectivity index (χ2n) is 5.33. The number of amides is 1. The molecule has 7 heteroatoms. The summed E-state index contributed by atoms with van der Waals surface area (Å²) in [5, 5.41) is 11.8. The van der Waals surface area contributed by atoms with Crippen LogP contribution in [0.3, 0.4) is 0 Å². The van der Waals surface area contributed by atoms with Gasteiger partial charge in [0.1, 0.15) is 5.70 Å². The predicted octanol–water partition coefficient (Wildman–Crippen LogP) is 1.85. The minimum absolute atomic E-state index is 0.177. The molecule has 5 nitrogen and oxygen atoms in total. The van der Waals surface area contributed by atoms with Crippen LogP contribution in [0.15, 0.2) is 58.6 Å². The molecule has 2 heterocycles. The molecule has 24 heavy (non-hydrogen) atoms. The van der Waals surface area contributed by atoms with Gasteiger partial charge >= 0.3 is 0 Å². The molecule has 2 aliphatic heterocycles. The number of carbonyl (C=O) groups excluding carboxylic acids is 1. The van der Waals surface area contributed by atoms with Crippen molar-refractivity contribution in [2.45, 2.75) is 6.17 Å². The van der Waals surface area contributed by atoms with E-state index < -0.39 is 6.17 Å². The van der Waals surface area contributed by atoms with Crippen molar-refractivity contribution in [2.75, 3.05) is 6.26 Å². The number of hydrogen-bond donors (Lipinski definition) is 1. The third kappa shape index (κ3) is 2.48. The Morgan fingerprint density at radius 1 is 1.21 bits per heavy atom. The minimum Gasteiger partial charge on any atom is -0.298 e. The summed E-state index contributed by atoms with van der Waals surface area (Å²) >= 11 is 7.52. The molecule has 0 fully saturated rings. The Labute approximate surface area is 147 Å². The van der Waals surface area contributed by atoms with E-state index in [-0.39, 0.29) is 5.91 Å².